The van der Waals surface area contributed by atoms with Crippen molar-refractivity contribution in [2.45, 2.75) is 32.4 Å². The minimum atomic E-state index is -0.463. The monoisotopic (exact) mass is 402 g/mol. The number of nitrogens with zero attached hydrogens (tertiary/aromatic N) is 3. The molecule has 7 heteroatoms. The Morgan fingerprint density at radius 2 is 2.00 bits per heavy atom. The molecule has 0 radical (unpaired) electrons. The van der Waals surface area contributed by atoms with Crippen molar-refractivity contribution >= 4 is 28.4 Å². The van der Waals surface area contributed by atoms with Crippen molar-refractivity contribution < 1.29 is 14.3 Å². The minimum absolute atomic E-state index is 0.0868. The number of aryl methyl sites for hydroxylation is 1. The van der Waals surface area contributed by atoms with Crippen LogP contribution in [-0.4, -0.2) is 29.5 Å². The number of nitriles is 1. The molecular weight excluding hydrogens is 380 g/mol. The predicted octanol–water partition coefficient (Wildman–Crippen LogP) is 3.57. The lowest BCUT2D eigenvalue weighted by molar-refractivity contribution is -0.123. The van der Waals surface area contributed by atoms with Crippen molar-refractivity contribution in [2.75, 3.05) is 11.9 Å². The van der Waals surface area contributed by atoms with E-state index < -0.39 is 6.04 Å². The first-order valence-electron chi connectivity index (χ1n) is 9.88. The number of hydrogen-bond donors (Lipinski definition) is 1. The number of ether oxygens (including phenoxy) is 1. The molecular formula is C23H22N4O3. The summed E-state index contributed by atoms with van der Waals surface area (Å²) in [6.07, 6.45) is 2.76. The second-order valence-corrected chi connectivity index (χ2v) is 7.27. The molecule has 0 unspecified atom stereocenters. The van der Waals surface area contributed by atoms with Crippen molar-refractivity contribution in [1.29, 1.82) is 5.26 Å². The van der Waals surface area contributed by atoms with Gasteiger partial charge in [-0.05, 0) is 55.8 Å². The van der Waals surface area contributed by atoms with Gasteiger partial charge in [-0.25, -0.2) is 0 Å². The number of anilines is 1. The summed E-state index contributed by atoms with van der Waals surface area (Å²) >= 11 is 0. The summed E-state index contributed by atoms with van der Waals surface area (Å²) in [4.78, 5) is 25.4. The molecule has 1 saturated heterocycles. The molecule has 7 nitrogen and oxygen atoms in total. The Morgan fingerprint density at radius 3 is 2.63 bits per heavy atom. The molecule has 0 spiro atoms. The maximum absolute atomic E-state index is 12.5. The molecule has 152 valence electrons. The zero-order chi connectivity index (χ0) is 21.3. The van der Waals surface area contributed by atoms with E-state index in [1.807, 2.05) is 35.9 Å². The van der Waals surface area contributed by atoms with Crippen molar-refractivity contribution in [2.24, 2.45) is 0 Å². The van der Waals surface area contributed by atoms with Crippen LogP contribution in [0, 0.1) is 11.3 Å². The van der Waals surface area contributed by atoms with E-state index in [1.165, 1.54) is 0 Å². The number of benzene rings is 2. The van der Waals surface area contributed by atoms with Crippen LogP contribution in [0.3, 0.4) is 0 Å². The number of rotatable bonds is 5. The van der Waals surface area contributed by atoms with Gasteiger partial charge >= 0.3 is 0 Å². The van der Waals surface area contributed by atoms with Gasteiger partial charge in [0.1, 0.15) is 23.6 Å². The van der Waals surface area contributed by atoms with Crippen LogP contribution in [0.5, 0.6) is 11.5 Å². The van der Waals surface area contributed by atoms with Crippen LogP contribution in [-0.2, 0) is 16.1 Å². The predicted molar refractivity (Wildman–Crippen MR) is 113 cm³/mol. The molecule has 0 aliphatic carbocycles. The average molecular weight is 402 g/mol. The standard InChI is InChI=1S/C23H22N4O3/c1-3-27-14-15(13-24)19-12-18(8-10-21(19)27)30-17-6-4-16(5-7-17)26(2)23(29)20-9-11-22(28)25-20/h4-8,10,12,14,20H,3,9,11H2,1-2H3,(H,25,28)/t20-/m0/s1. The summed E-state index contributed by atoms with van der Waals surface area (Å²) in [6.45, 7) is 2.82. The lowest BCUT2D eigenvalue weighted by Gasteiger charge is -2.21. The molecule has 4 rings (SSSR count). The van der Waals surface area contributed by atoms with Gasteiger partial charge in [0, 0.05) is 42.8 Å². The molecule has 1 aliphatic heterocycles. The molecule has 3 aromatic rings. The van der Waals surface area contributed by atoms with E-state index >= 15 is 0 Å². The zero-order valence-electron chi connectivity index (χ0n) is 16.9. The summed E-state index contributed by atoms with van der Waals surface area (Å²) in [5.74, 6) is 1.04. The van der Waals surface area contributed by atoms with Crippen molar-refractivity contribution in [3.05, 3.63) is 54.2 Å². The van der Waals surface area contributed by atoms with Crippen LogP contribution in [0.2, 0.25) is 0 Å². The second kappa shape index (κ2) is 7.91. The number of fused-ring (bicyclic) bond motifs is 1. The van der Waals surface area contributed by atoms with E-state index in [-0.39, 0.29) is 11.8 Å². The molecule has 1 aromatic heterocycles. The van der Waals surface area contributed by atoms with E-state index in [2.05, 4.69) is 11.4 Å². The molecule has 2 amide bonds. The Hall–Kier alpha value is -3.79. The summed E-state index contributed by atoms with van der Waals surface area (Å²) in [7, 11) is 1.69. The third kappa shape index (κ3) is 3.60. The Labute approximate surface area is 174 Å². The molecule has 1 atom stereocenters. The van der Waals surface area contributed by atoms with E-state index in [4.69, 9.17) is 4.74 Å². The number of likely N-dealkylation sites (N-methyl/N-ethyl adjacent to an activating group) is 1. The molecule has 2 aromatic carbocycles. The largest absolute Gasteiger partial charge is 0.457 e. The lowest BCUT2D eigenvalue weighted by Crippen LogP contribution is -2.42. The maximum atomic E-state index is 12.5. The van der Waals surface area contributed by atoms with Gasteiger partial charge in [0.15, 0.2) is 0 Å². The highest BCUT2D eigenvalue weighted by Gasteiger charge is 2.29. The van der Waals surface area contributed by atoms with Crippen molar-refractivity contribution in [3.8, 4) is 17.6 Å². The van der Waals surface area contributed by atoms with E-state index in [9.17, 15) is 14.9 Å². The minimum Gasteiger partial charge on any atom is -0.457 e. The number of carbonyl (C=O) groups is 2. The topological polar surface area (TPSA) is 87.4 Å². The molecule has 1 fully saturated rings. The molecule has 1 N–H and O–H groups in total. The Balaban J connectivity index is 1.50. The third-order valence-electron chi connectivity index (χ3n) is 5.40. The van der Waals surface area contributed by atoms with Crippen LogP contribution in [0.1, 0.15) is 25.3 Å². The fourth-order valence-electron chi connectivity index (χ4n) is 3.72. The Bertz CT molecular complexity index is 1160. The number of carbonyl (C=O) groups excluding carboxylic acids is 2. The molecule has 2 heterocycles. The number of amides is 2. The number of aromatic nitrogens is 1. The van der Waals surface area contributed by atoms with Crippen molar-refractivity contribution in [3.63, 3.8) is 0 Å². The Kier molecular flexibility index (Phi) is 5.15. The van der Waals surface area contributed by atoms with Gasteiger partial charge in [0.05, 0.1) is 5.56 Å². The van der Waals surface area contributed by atoms with E-state index in [0.29, 0.717) is 29.9 Å². The quantitative estimate of drug-likeness (QED) is 0.707. The number of hydrogen-bond acceptors (Lipinski definition) is 4. The summed E-state index contributed by atoms with van der Waals surface area (Å²) in [5.41, 5.74) is 2.33. The van der Waals surface area contributed by atoms with Crippen LogP contribution >= 0.6 is 0 Å². The zero-order valence-corrected chi connectivity index (χ0v) is 16.9. The first-order valence-corrected chi connectivity index (χ1v) is 9.88. The summed E-state index contributed by atoms with van der Waals surface area (Å²) < 4.78 is 7.99. The van der Waals surface area contributed by atoms with Crippen molar-refractivity contribution in [1.82, 2.24) is 9.88 Å². The summed E-state index contributed by atoms with van der Waals surface area (Å²) in [6, 6.07) is 14.6. The van der Waals surface area contributed by atoms with Gasteiger partial charge in [-0.3, -0.25) is 9.59 Å². The Morgan fingerprint density at radius 1 is 1.27 bits per heavy atom. The van der Waals surface area contributed by atoms with E-state index in [1.54, 1.807) is 36.2 Å². The SMILES string of the molecule is CCn1cc(C#N)c2cc(Oc3ccc(N(C)C(=O)[C@@H]4CCC(=O)N4)cc3)ccc21. The highest BCUT2D eigenvalue weighted by molar-refractivity contribution is 6.00. The van der Waals surface area contributed by atoms with Gasteiger partial charge < -0.3 is 19.5 Å². The van der Waals surface area contributed by atoms with Gasteiger partial charge in [-0.1, -0.05) is 0 Å². The van der Waals surface area contributed by atoms with Gasteiger partial charge in [-0.15, -0.1) is 0 Å². The van der Waals surface area contributed by atoms with Crippen LogP contribution < -0.4 is 15.0 Å². The maximum Gasteiger partial charge on any atom is 0.249 e. The highest BCUT2D eigenvalue weighted by Crippen LogP contribution is 2.30. The smallest absolute Gasteiger partial charge is 0.249 e. The van der Waals surface area contributed by atoms with Gasteiger partial charge in [0.25, 0.3) is 0 Å². The van der Waals surface area contributed by atoms with Gasteiger partial charge in [0.2, 0.25) is 11.8 Å². The normalized spacial score (nSPS) is 15.6. The van der Waals surface area contributed by atoms with Crippen LogP contribution in [0.4, 0.5) is 5.69 Å². The summed E-state index contributed by atoms with van der Waals surface area (Å²) in [5, 5.41) is 12.9. The van der Waals surface area contributed by atoms with Gasteiger partial charge in [-0.2, -0.15) is 5.26 Å². The third-order valence-corrected chi connectivity index (χ3v) is 5.40. The lowest BCUT2D eigenvalue weighted by atomic mass is 10.2. The number of nitrogens with one attached hydrogen (secondary N) is 1. The second-order valence-electron chi connectivity index (χ2n) is 7.27. The van der Waals surface area contributed by atoms with Crippen LogP contribution in [0.25, 0.3) is 10.9 Å². The molecule has 30 heavy (non-hydrogen) atoms. The van der Waals surface area contributed by atoms with E-state index in [0.717, 1.165) is 23.1 Å². The van der Waals surface area contributed by atoms with Crippen LogP contribution in [0.15, 0.2) is 48.7 Å². The first kappa shape index (κ1) is 19.5. The first-order chi connectivity index (χ1) is 14.5. The average Bonchev–Trinajstić information content (AvgIpc) is 3.36. The highest BCUT2D eigenvalue weighted by atomic mass is 16.5. The molecule has 0 saturated carbocycles. The molecule has 1 aliphatic rings. The fraction of sp³-hybridized carbons (Fsp3) is 0.261. The fourth-order valence-corrected chi connectivity index (χ4v) is 3.72. The molecule has 0 bridgehead atoms.